The summed E-state index contributed by atoms with van der Waals surface area (Å²) >= 11 is 0. The minimum absolute atomic E-state index is 0. The van der Waals surface area contributed by atoms with Crippen molar-refractivity contribution in [2.75, 3.05) is 20.7 Å². The van der Waals surface area contributed by atoms with Crippen LogP contribution in [0.25, 0.3) is 0 Å². The molecular formula is C11H24IN3O. The van der Waals surface area contributed by atoms with Crippen LogP contribution < -0.4 is 10.6 Å². The van der Waals surface area contributed by atoms with Gasteiger partial charge in [0.1, 0.15) is 0 Å². The highest BCUT2D eigenvalue weighted by Crippen LogP contribution is 2.42. The van der Waals surface area contributed by atoms with Crippen molar-refractivity contribution in [1.29, 1.82) is 0 Å². The van der Waals surface area contributed by atoms with Crippen LogP contribution in [-0.2, 0) is 4.74 Å². The maximum atomic E-state index is 5.67. The van der Waals surface area contributed by atoms with Gasteiger partial charge >= 0.3 is 0 Å². The molecule has 4 nitrogen and oxygen atoms in total. The van der Waals surface area contributed by atoms with E-state index >= 15 is 0 Å². The third-order valence-electron chi connectivity index (χ3n) is 3.32. The summed E-state index contributed by atoms with van der Waals surface area (Å²) in [5, 5.41) is 6.42. The second-order valence-corrected chi connectivity index (χ2v) is 4.52. The number of nitrogens with one attached hydrogen (secondary N) is 2. The summed E-state index contributed by atoms with van der Waals surface area (Å²) in [7, 11) is 3.66. The zero-order valence-electron chi connectivity index (χ0n) is 10.8. The molecule has 0 aliphatic heterocycles. The summed E-state index contributed by atoms with van der Waals surface area (Å²) < 4.78 is 5.67. The fraction of sp³-hybridized carbons (Fsp3) is 0.909. The quantitative estimate of drug-likeness (QED) is 0.466. The van der Waals surface area contributed by atoms with Crippen molar-refractivity contribution in [2.24, 2.45) is 10.4 Å². The standard InChI is InChI=1S/C11H23N3O.HI/c1-6-15-9-7-8(11(9,2)3)14-10(12-4)13-5;/h8-9H,6-7H2,1-5H3,(H2,12,13,14);1H. The molecule has 0 radical (unpaired) electrons. The normalized spacial score (nSPS) is 27.7. The van der Waals surface area contributed by atoms with E-state index in [2.05, 4.69) is 29.5 Å². The monoisotopic (exact) mass is 341 g/mol. The number of hydrogen-bond acceptors (Lipinski definition) is 2. The lowest BCUT2D eigenvalue weighted by Gasteiger charge is -2.51. The lowest BCUT2D eigenvalue weighted by molar-refractivity contribution is -0.109. The van der Waals surface area contributed by atoms with E-state index in [9.17, 15) is 0 Å². The van der Waals surface area contributed by atoms with Gasteiger partial charge in [-0.1, -0.05) is 13.8 Å². The van der Waals surface area contributed by atoms with Crippen molar-refractivity contribution in [1.82, 2.24) is 10.6 Å². The van der Waals surface area contributed by atoms with Crippen molar-refractivity contribution in [3.63, 3.8) is 0 Å². The summed E-state index contributed by atoms with van der Waals surface area (Å²) in [6.07, 6.45) is 1.43. The molecule has 5 heteroatoms. The van der Waals surface area contributed by atoms with Crippen LogP contribution in [0.1, 0.15) is 27.2 Å². The van der Waals surface area contributed by atoms with E-state index in [-0.39, 0.29) is 29.4 Å². The summed E-state index contributed by atoms with van der Waals surface area (Å²) in [5.74, 6) is 0.850. The van der Waals surface area contributed by atoms with Crippen LogP contribution >= 0.6 is 24.0 Å². The van der Waals surface area contributed by atoms with Gasteiger partial charge in [-0.2, -0.15) is 0 Å². The Bertz CT molecular complexity index is 243. The second-order valence-electron chi connectivity index (χ2n) is 4.52. The average Bonchev–Trinajstić information content (AvgIpc) is 2.22. The summed E-state index contributed by atoms with van der Waals surface area (Å²) in [4.78, 5) is 4.12. The Morgan fingerprint density at radius 3 is 2.50 bits per heavy atom. The SMILES string of the molecule is CCOC1CC(NC(=NC)NC)C1(C)C.I. The fourth-order valence-electron chi connectivity index (χ4n) is 2.03. The topological polar surface area (TPSA) is 45.6 Å². The number of aliphatic imine (C=N–C) groups is 1. The molecule has 96 valence electrons. The van der Waals surface area contributed by atoms with Gasteiger partial charge in [-0.3, -0.25) is 4.99 Å². The Kier molecular flexibility index (Phi) is 6.62. The molecular weight excluding hydrogens is 317 g/mol. The highest BCUT2D eigenvalue weighted by atomic mass is 127. The molecule has 0 bridgehead atoms. The maximum absolute atomic E-state index is 5.67. The average molecular weight is 341 g/mol. The number of nitrogens with zero attached hydrogens (tertiary/aromatic N) is 1. The Balaban J connectivity index is 0.00000225. The van der Waals surface area contributed by atoms with E-state index in [0.717, 1.165) is 19.0 Å². The highest BCUT2D eigenvalue weighted by Gasteiger charge is 2.49. The Morgan fingerprint density at radius 2 is 2.12 bits per heavy atom. The minimum Gasteiger partial charge on any atom is -0.378 e. The molecule has 1 saturated carbocycles. The Hall–Kier alpha value is -0.0400. The molecule has 1 fully saturated rings. The van der Waals surface area contributed by atoms with E-state index in [1.807, 2.05) is 14.0 Å². The largest absolute Gasteiger partial charge is 0.378 e. The first-order valence-corrected chi connectivity index (χ1v) is 5.58. The molecule has 0 heterocycles. The Labute approximate surface area is 116 Å². The molecule has 1 aliphatic carbocycles. The van der Waals surface area contributed by atoms with Gasteiger partial charge in [0.05, 0.1) is 6.10 Å². The van der Waals surface area contributed by atoms with Gasteiger partial charge in [0, 0.05) is 32.2 Å². The van der Waals surface area contributed by atoms with Crippen LogP contribution in [0.4, 0.5) is 0 Å². The van der Waals surface area contributed by atoms with E-state index in [4.69, 9.17) is 4.74 Å². The van der Waals surface area contributed by atoms with Gasteiger partial charge < -0.3 is 15.4 Å². The van der Waals surface area contributed by atoms with Crippen molar-refractivity contribution in [3.8, 4) is 0 Å². The van der Waals surface area contributed by atoms with Crippen LogP contribution in [0.3, 0.4) is 0 Å². The van der Waals surface area contributed by atoms with E-state index in [0.29, 0.717) is 12.1 Å². The zero-order valence-corrected chi connectivity index (χ0v) is 13.2. The predicted octanol–water partition coefficient (Wildman–Crippen LogP) is 1.60. The zero-order chi connectivity index (χ0) is 11.5. The summed E-state index contributed by atoms with van der Waals surface area (Å²) in [6, 6.07) is 0.445. The van der Waals surface area contributed by atoms with Gasteiger partial charge in [-0.15, -0.1) is 24.0 Å². The smallest absolute Gasteiger partial charge is 0.190 e. The van der Waals surface area contributed by atoms with Gasteiger partial charge in [0.15, 0.2) is 5.96 Å². The summed E-state index contributed by atoms with van der Waals surface area (Å²) in [6.45, 7) is 7.31. The van der Waals surface area contributed by atoms with Gasteiger partial charge in [-0.05, 0) is 13.3 Å². The van der Waals surface area contributed by atoms with Crippen molar-refractivity contribution in [3.05, 3.63) is 0 Å². The minimum atomic E-state index is 0. The summed E-state index contributed by atoms with van der Waals surface area (Å²) in [5.41, 5.74) is 0.183. The highest BCUT2D eigenvalue weighted by molar-refractivity contribution is 14.0. The van der Waals surface area contributed by atoms with Crippen LogP contribution in [0.15, 0.2) is 4.99 Å². The Morgan fingerprint density at radius 1 is 1.50 bits per heavy atom. The van der Waals surface area contributed by atoms with E-state index in [1.54, 1.807) is 7.05 Å². The molecule has 0 aromatic carbocycles. The van der Waals surface area contributed by atoms with Crippen LogP contribution in [-0.4, -0.2) is 38.8 Å². The molecule has 0 aromatic heterocycles. The van der Waals surface area contributed by atoms with Gasteiger partial charge in [0.2, 0.25) is 0 Å². The number of hydrogen-bond donors (Lipinski definition) is 2. The number of halogens is 1. The van der Waals surface area contributed by atoms with Crippen molar-refractivity contribution in [2.45, 2.75) is 39.3 Å². The third kappa shape index (κ3) is 3.23. The van der Waals surface area contributed by atoms with Crippen molar-refractivity contribution < 1.29 is 4.74 Å². The van der Waals surface area contributed by atoms with E-state index < -0.39 is 0 Å². The van der Waals surface area contributed by atoms with Gasteiger partial charge in [-0.25, -0.2) is 0 Å². The molecule has 1 aliphatic rings. The number of guanidine groups is 1. The molecule has 2 atom stereocenters. The molecule has 0 spiro atoms. The molecule has 2 unspecified atom stereocenters. The number of ether oxygens (including phenoxy) is 1. The first-order valence-electron chi connectivity index (χ1n) is 5.58. The first kappa shape index (κ1) is 16.0. The predicted molar refractivity (Wildman–Crippen MR) is 78.6 cm³/mol. The number of rotatable bonds is 3. The molecule has 1 rings (SSSR count). The molecule has 0 amide bonds. The fourth-order valence-corrected chi connectivity index (χ4v) is 2.03. The molecule has 0 aromatic rings. The third-order valence-corrected chi connectivity index (χ3v) is 3.32. The lowest BCUT2D eigenvalue weighted by atomic mass is 9.64. The lowest BCUT2D eigenvalue weighted by Crippen LogP contribution is -2.63. The first-order chi connectivity index (χ1) is 7.06. The van der Waals surface area contributed by atoms with Gasteiger partial charge in [0.25, 0.3) is 0 Å². The molecule has 16 heavy (non-hydrogen) atoms. The molecule has 2 N–H and O–H groups in total. The van der Waals surface area contributed by atoms with E-state index in [1.165, 1.54) is 0 Å². The molecule has 0 saturated heterocycles. The second kappa shape index (κ2) is 6.64. The van der Waals surface area contributed by atoms with Crippen LogP contribution in [0, 0.1) is 5.41 Å². The van der Waals surface area contributed by atoms with Crippen LogP contribution in [0.5, 0.6) is 0 Å². The maximum Gasteiger partial charge on any atom is 0.190 e. The van der Waals surface area contributed by atoms with Crippen LogP contribution in [0.2, 0.25) is 0 Å². The van der Waals surface area contributed by atoms with Crippen molar-refractivity contribution >= 4 is 29.9 Å².